The molecule has 2 aromatic rings. The number of carbonyl (C=O) groups is 2. The minimum Gasteiger partial charge on any atom is -0.478 e. The molecule has 6 heteroatoms. The summed E-state index contributed by atoms with van der Waals surface area (Å²) in [6, 6.07) is 11.4. The minimum atomic E-state index is -1.03. The van der Waals surface area contributed by atoms with Crippen LogP contribution in [0.15, 0.2) is 59.2 Å². The van der Waals surface area contributed by atoms with E-state index in [1.54, 1.807) is 12.1 Å². The number of halogens is 1. The highest BCUT2D eigenvalue weighted by molar-refractivity contribution is 6.12. The van der Waals surface area contributed by atoms with Crippen LogP contribution in [0.3, 0.4) is 0 Å². The van der Waals surface area contributed by atoms with Gasteiger partial charge in [-0.05, 0) is 48.0 Å². The molecule has 114 valence electrons. The quantitative estimate of drug-likeness (QED) is 0.698. The maximum absolute atomic E-state index is 12.9. The highest BCUT2D eigenvalue weighted by Gasteiger charge is 2.24. The Bertz CT molecular complexity index is 836. The van der Waals surface area contributed by atoms with Crippen molar-refractivity contribution in [3.63, 3.8) is 0 Å². The number of cyclic esters (lactones) is 1. The molecule has 3 rings (SSSR count). The number of ether oxygens (including phenoxy) is 1. The van der Waals surface area contributed by atoms with Gasteiger partial charge in [0.15, 0.2) is 5.70 Å². The van der Waals surface area contributed by atoms with Crippen LogP contribution in [0.2, 0.25) is 0 Å². The summed E-state index contributed by atoms with van der Waals surface area (Å²) in [5.74, 6) is -1.94. The average Bonchev–Trinajstić information content (AvgIpc) is 2.89. The lowest BCUT2D eigenvalue weighted by Gasteiger charge is -1.98. The van der Waals surface area contributed by atoms with Crippen LogP contribution >= 0.6 is 0 Å². The molecular weight excluding hydrogens is 301 g/mol. The smallest absolute Gasteiger partial charge is 0.363 e. The fraction of sp³-hybridized carbons (Fsp3) is 0. The molecule has 1 aliphatic heterocycles. The maximum Gasteiger partial charge on any atom is 0.363 e. The lowest BCUT2D eigenvalue weighted by atomic mass is 10.1. The fourth-order valence-corrected chi connectivity index (χ4v) is 2.00. The molecule has 0 spiro atoms. The summed E-state index contributed by atoms with van der Waals surface area (Å²) >= 11 is 0. The number of carbonyl (C=O) groups excluding carboxylic acids is 1. The van der Waals surface area contributed by atoms with Crippen molar-refractivity contribution in [3.8, 4) is 0 Å². The van der Waals surface area contributed by atoms with Crippen molar-refractivity contribution in [2.24, 2.45) is 4.99 Å². The Morgan fingerprint density at radius 2 is 1.74 bits per heavy atom. The fourth-order valence-electron chi connectivity index (χ4n) is 2.00. The Hall–Kier alpha value is -3.28. The molecular formula is C17H10FNO4. The summed E-state index contributed by atoms with van der Waals surface area (Å²) in [4.78, 5) is 26.7. The number of hydrogen-bond donors (Lipinski definition) is 1. The lowest BCUT2D eigenvalue weighted by molar-refractivity contribution is -0.129. The van der Waals surface area contributed by atoms with E-state index < -0.39 is 17.8 Å². The van der Waals surface area contributed by atoms with Crippen LogP contribution in [-0.4, -0.2) is 22.9 Å². The summed E-state index contributed by atoms with van der Waals surface area (Å²) in [6.07, 6.45) is 1.49. The lowest BCUT2D eigenvalue weighted by Crippen LogP contribution is -2.05. The van der Waals surface area contributed by atoms with E-state index in [2.05, 4.69) is 4.99 Å². The topological polar surface area (TPSA) is 76.0 Å². The molecule has 2 aromatic carbocycles. The van der Waals surface area contributed by atoms with Crippen LogP contribution < -0.4 is 0 Å². The number of esters is 1. The van der Waals surface area contributed by atoms with E-state index in [0.29, 0.717) is 11.1 Å². The Morgan fingerprint density at radius 1 is 1.09 bits per heavy atom. The first-order valence-electron chi connectivity index (χ1n) is 6.65. The number of hydrogen-bond acceptors (Lipinski definition) is 4. The molecule has 5 nitrogen and oxygen atoms in total. The molecule has 0 fully saturated rings. The number of carboxylic acids is 1. The first-order chi connectivity index (χ1) is 11.0. The van der Waals surface area contributed by atoms with Gasteiger partial charge in [-0.1, -0.05) is 12.1 Å². The van der Waals surface area contributed by atoms with Crippen molar-refractivity contribution in [3.05, 3.63) is 76.7 Å². The van der Waals surface area contributed by atoms with Crippen molar-refractivity contribution in [2.75, 3.05) is 0 Å². The zero-order valence-electron chi connectivity index (χ0n) is 11.7. The van der Waals surface area contributed by atoms with Crippen molar-refractivity contribution in [2.45, 2.75) is 0 Å². The van der Waals surface area contributed by atoms with Crippen LogP contribution in [0.25, 0.3) is 6.08 Å². The number of aliphatic imine (C=N–C) groups is 1. The molecule has 1 aliphatic rings. The Morgan fingerprint density at radius 3 is 2.35 bits per heavy atom. The predicted molar refractivity (Wildman–Crippen MR) is 80.4 cm³/mol. The highest BCUT2D eigenvalue weighted by Crippen LogP contribution is 2.19. The molecule has 0 atom stereocenters. The van der Waals surface area contributed by atoms with Crippen LogP contribution in [0.4, 0.5) is 4.39 Å². The molecule has 0 aromatic heterocycles. The van der Waals surface area contributed by atoms with Gasteiger partial charge in [0.05, 0.1) is 5.56 Å². The Balaban J connectivity index is 1.88. The van der Waals surface area contributed by atoms with Crippen molar-refractivity contribution in [1.29, 1.82) is 0 Å². The Labute approximate surface area is 130 Å². The number of benzene rings is 2. The molecule has 0 saturated heterocycles. The predicted octanol–water partition coefficient (Wildman–Crippen LogP) is 2.87. The van der Waals surface area contributed by atoms with Gasteiger partial charge in [-0.25, -0.2) is 19.0 Å². The van der Waals surface area contributed by atoms with E-state index in [9.17, 15) is 14.0 Å². The third-order valence-electron chi connectivity index (χ3n) is 3.17. The molecule has 1 heterocycles. The number of nitrogens with zero attached hydrogens (tertiary/aromatic N) is 1. The summed E-state index contributed by atoms with van der Waals surface area (Å²) in [7, 11) is 0. The number of carboxylic acid groups (broad SMARTS) is 1. The molecule has 0 saturated carbocycles. The average molecular weight is 311 g/mol. The van der Waals surface area contributed by atoms with Crippen molar-refractivity contribution < 1.29 is 23.8 Å². The summed E-state index contributed by atoms with van der Waals surface area (Å²) in [6.45, 7) is 0. The Kier molecular flexibility index (Phi) is 3.72. The third-order valence-corrected chi connectivity index (χ3v) is 3.17. The van der Waals surface area contributed by atoms with Gasteiger partial charge in [-0.3, -0.25) is 0 Å². The monoisotopic (exact) mass is 311 g/mol. The van der Waals surface area contributed by atoms with Crippen LogP contribution in [0.5, 0.6) is 0 Å². The van der Waals surface area contributed by atoms with Gasteiger partial charge in [-0.15, -0.1) is 0 Å². The SMILES string of the molecule is O=C1OC(c2ccc(F)cc2)=NC1=Cc1ccc(C(=O)O)cc1. The largest absolute Gasteiger partial charge is 0.478 e. The van der Waals surface area contributed by atoms with E-state index in [1.165, 1.54) is 42.5 Å². The van der Waals surface area contributed by atoms with Gasteiger partial charge in [0, 0.05) is 5.56 Å². The molecule has 0 radical (unpaired) electrons. The van der Waals surface area contributed by atoms with Gasteiger partial charge in [0.1, 0.15) is 5.82 Å². The van der Waals surface area contributed by atoms with Gasteiger partial charge >= 0.3 is 11.9 Å². The minimum absolute atomic E-state index is 0.0902. The first kappa shape index (κ1) is 14.6. The standard InChI is InChI=1S/C17H10FNO4/c18-13-7-5-11(6-8-13)15-19-14(17(22)23-15)9-10-1-3-12(4-2-10)16(20)21/h1-9H,(H,20,21). The summed E-state index contributed by atoms with van der Waals surface area (Å²) < 4.78 is 18.0. The van der Waals surface area contributed by atoms with E-state index >= 15 is 0 Å². The summed E-state index contributed by atoms with van der Waals surface area (Å²) in [5, 5.41) is 8.84. The van der Waals surface area contributed by atoms with E-state index in [-0.39, 0.29) is 17.2 Å². The van der Waals surface area contributed by atoms with Gasteiger partial charge in [0.2, 0.25) is 5.90 Å². The van der Waals surface area contributed by atoms with Crippen molar-refractivity contribution in [1.82, 2.24) is 0 Å². The zero-order valence-corrected chi connectivity index (χ0v) is 11.7. The first-order valence-corrected chi connectivity index (χ1v) is 6.65. The maximum atomic E-state index is 12.9. The van der Waals surface area contributed by atoms with E-state index in [4.69, 9.17) is 9.84 Å². The number of aromatic carboxylic acids is 1. The second kappa shape index (κ2) is 5.84. The van der Waals surface area contributed by atoms with Crippen LogP contribution in [0, 0.1) is 5.82 Å². The normalized spacial score (nSPS) is 15.4. The molecule has 0 bridgehead atoms. The molecule has 1 N–H and O–H groups in total. The zero-order chi connectivity index (χ0) is 16.4. The van der Waals surface area contributed by atoms with Crippen LogP contribution in [-0.2, 0) is 9.53 Å². The number of rotatable bonds is 3. The van der Waals surface area contributed by atoms with E-state index in [0.717, 1.165) is 0 Å². The highest BCUT2D eigenvalue weighted by atomic mass is 19.1. The second-order valence-electron chi connectivity index (χ2n) is 4.77. The summed E-state index contributed by atoms with van der Waals surface area (Å²) in [5.41, 5.74) is 1.35. The van der Waals surface area contributed by atoms with Crippen molar-refractivity contribution >= 4 is 23.9 Å². The van der Waals surface area contributed by atoms with Gasteiger partial charge in [0.25, 0.3) is 0 Å². The molecule has 0 amide bonds. The van der Waals surface area contributed by atoms with Gasteiger partial charge < -0.3 is 9.84 Å². The molecule has 0 unspecified atom stereocenters. The molecule has 0 aliphatic carbocycles. The van der Waals surface area contributed by atoms with Crippen LogP contribution in [0.1, 0.15) is 21.5 Å². The van der Waals surface area contributed by atoms with E-state index in [1.807, 2.05) is 0 Å². The molecule has 23 heavy (non-hydrogen) atoms. The second-order valence-corrected chi connectivity index (χ2v) is 4.77. The third kappa shape index (κ3) is 3.16. The van der Waals surface area contributed by atoms with Gasteiger partial charge in [-0.2, -0.15) is 0 Å².